The zero-order chi connectivity index (χ0) is 25.3. The summed E-state index contributed by atoms with van der Waals surface area (Å²) in [6.45, 7) is 11.5. The lowest BCUT2D eigenvalue weighted by atomic mass is 9.87. The fourth-order valence-corrected chi connectivity index (χ4v) is 2.72. The van der Waals surface area contributed by atoms with Gasteiger partial charge in [0.15, 0.2) is 17.3 Å². The molecule has 0 rings (SSSR count). The van der Waals surface area contributed by atoms with E-state index in [-0.39, 0.29) is 39.1 Å². The van der Waals surface area contributed by atoms with E-state index in [4.69, 9.17) is 14.2 Å². The van der Waals surface area contributed by atoms with Crippen LogP contribution in [0.5, 0.6) is 0 Å². The van der Waals surface area contributed by atoms with Crippen LogP contribution >= 0.6 is 0 Å². The van der Waals surface area contributed by atoms with Crippen molar-refractivity contribution in [3.63, 3.8) is 0 Å². The predicted octanol–water partition coefficient (Wildman–Crippen LogP) is 1.57. The molecule has 0 saturated carbocycles. The molecule has 0 N–H and O–H groups in total. The van der Waals surface area contributed by atoms with Gasteiger partial charge in [-0.05, 0) is 24.6 Å². The van der Waals surface area contributed by atoms with Gasteiger partial charge >= 0.3 is 0 Å². The Balaban J connectivity index is 5.79. The maximum absolute atomic E-state index is 12.0. The average Bonchev–Trinajstić information content (AvgIpc) is 2.84. The van der Waals surface area contributed by atoms with Gasteiger partial charge in [0.25, 0.3) is 0 Å². The average molecular weight is 465 g/mol. The number of rotatable bonds is 22. The highest BCUT2D eigenvalue weighted by atomic mass is 16.5. The first kappa shape index (κ1) is 30.1. The number of ether oxygens (including phenoxy) is 3. The molecule has 0 aliphatic heterocycles. The molecule has 0 saturated heterocycles. The van der Waals surface area contributed by atoms with E-state index in [1.165, 1.54) is 0 Å². The molecule has 0 bridgehead atoms. The van der Waals surface area contributed by atoms with Gasteiger partial charge in [-0.15, -0.1) is 0 Å². The smallest absolute Gasteiger partial charge is 0.184 e. The van der Waals surface area contributed by atoms with Crippen molar-refractivity contribution in [2.75, 3.05) is 19.8 Å². The van der Waals surface area contributed by atoms with Crippen LogP contribution in [0, 0.1) is 5.41 Å². The summed E-state index contributed by atoms with van der Waals surface area (Å²) in [5.41, 5.74) is -0.992. The summed E-state index contributed by atoms with van der Waals surface area (Å²) in [5, 5.41) is 0. The van der Waals surface area contributed by atoms with Crippen molar-refractivity contribution in [3.05, 3.63) is 38.0 Å². The van der Waals surface area contributed by atoms with Crippen LogP contribution in [0.3, 0.4) is 0 Å². The summed E-state index contributed by atoms with van der Waals surface area (Å²) in [6.07, 6.45) is 1.27. The highest BCUT2D eigenvalue weighted by Crippen LogP contribution is 2.27. The lowest BCUT2D eigenvalue weighted by Gasteiger charge is -2.35. The second kappa shape index (κ2) is 16.7. The van der Waals surface area contributed by atoms with E-state index in [0.717, 1.165) is 18.2 Å². The van der Waals surface area contributed by atoms with Gasteiger partial charge in [0.1, 0.15) is 37.2 Å². The van der Waals surface area contributed by atoms with Crippen LogP contribution in [0.4, 0.5) is 0 Å². The Morgan fingerprint density at radius 3 is 1.12 bits per heavy atom. The van der Waals surface area contributed by atoms with Gasteiger partial charge in [-0.3, -0.25) is 14.4 Å². The van der Waals surface area contributed by atoms with Crippen LogP contribution in [0.1, 0.15) is 32.6 Å². The quantitative estimate of drug-likeness (QED) is 0.173. The molecule has 0 amide bonds. The molecule has 3 unspecified atom stereocenters. The summed E-state index contributed by atoms with van der Waals surface area (Å²) in [6, 6.07) is 0. The van der Waals surface area contributed by atoms with Gasteiger partial charge in [-0.2, -0.15) is 0 Å². The number of ketones is 3. The van der Waals surface area contributed by atoms with Crippen molar-refractivity contribution < 1.29 is 43.0 Å². The van der Waals surface area contributed by atoms with E-state index >= 15 is 0 Å². The fourth-order valence-electron chi connectivity index (χ4n) is 2.72. The van der Waals surface area contributed by atoms with E-state index < -0.39 is 41.1 Å². The lowest BCUT2D eigenvalue weighted by molar-refractivity contribution is -0.150. The Kier molecular flexibility index (Phi) is 15.3. The monoisotopic (exact) mass is 464 g/mol. The minimum Gasteiger partial charge on any atom is -0.369 e. The molecule has 0 aliphatic rings. The van der Waals surface area contributed by atoms with Gasteiger partial charge in [0.05, 0.1) is 19.8 Å². The molecular weight excluding hydrogens is 432 g/mol. The summed E-state index contributed by atoms with van der Waals surface area (Å²) in [5.74, 6) is -1.47. The third-order valence-corrected chi connectivity index (χ3v) is 5.01. The topological polar surface area (TPSA) is 130 Å². The second-order valence-electron chi connectivity index (χ2n) is 7.28. The van der Waals surface area contributed by atoms with Gasteiger partial charge < -0.3 is 28.6 Å². The molecule has 0 heterocycles. The van der Waals surface area contributed by atoms with Crippen molar-refractivity contribution in [2.45, 2.75) is 50.9 Å². The molecule has 182 valence electrons. The number of carbonyl (C=O) groups excluding carboxylic acids is 6. The number of aldehydes is 3. The molecule has 9 heteroatoms. The third kappa shape index (κ3) is 10.5. The van der Waals surface area contributed by atoms with Crippen molar-refractivity contribution >= 4 is 36.2 Å². The maximum Gasteiger partial charge on any atom is 0.184 e. The van der Waals surface area contributed by atoms with Crippen molar-refractivity contribution in [3.8, 4) is 0 Å². The lowest BCUT2D eigenvalue weighted by Crippen LogP contribution is -2.43. The first-order valence-corrected chi connectivity index (χ1v) is 10.4. The van der Waals surface area contributed by atoms with Crippen molar-refractivity contribution in [1.29, 1.82) is 0 Å². The van der Waals surface area contributed by atoms with Crippen molar-refractivity contribution in [2.24, 2.45) is 5.41 Å². The Hall–Kier alpha value is -2.88. The first-order chi connectivity index (χ1) is 15.8. The van der Waals surface area contributed by atoms with E-state index in [9.17, 15) is 28.8 Å². The van der Waals surface area contributed by atoms with E-state index in [1.54, 1.807) is 6.92 Å². The first-order valence-electron chi connectivity index (χ1n) is 10.4. The molecule has 0 aliphatic carbocycles. The molecule has 0 fully saturated rings. The van der Waals surface area contributed by atoms with Crippen LogP contribution < -0.4 is 0 Å². The van der Waals surface area contributed by atoms with Gasteiger partial charge in [-0.25, -0.2) is 0 Å². The standard InChI is InChI=1S/C24H32O9/c1-5-18(28)21(9-12-25)31-15-24(8-4,16-32-22(10-13-26)19(29)6-2)17-33-23(11-14-27)20(30)7-3/h5-7,12-14,21-23H,1-3,8-11,15-17H2,4H3. The van der Waals surface area contributed by atoms with Crippen LogP contribution in [0.15, 0.2) is 38.0 Å². The van der Waals surface area contributed by atoms with Crippen molar-refractivity contribution in [1.82, 2.24) is 0 Å². The van der Waals surface area contributed by atoms with Gasteiger partial charge in [0.2, 0.25) is 0 Å². The van der Waals surface area contributed by atoms with E-state index in [0.29, 0.717) is 25.3 Å². The van der Waals surface area contributed by atoms with Crippen LogP contribution in [0.25, 0.3) is 0 Å². The largest absolute Gasteiger partial charge is 0.369 e. The highest BCUT2D eigenvalue weighted by molar-refractivity contribution is 5.95. The summed E-state index contributed by atoms with van der Waals surface area (Å²) in [4.78, 5) is 68.9. The van der Waals surface area contributed by atoms with Gasteiger partial charge in [0, 0.05) is 24.7 Å². The Labute approximate surface area is 193 Å². The zero-order valence-electron chi connectivity index (χ0n) is 18.9. The Bertz CT molecular complexity index is 632. The summed E-state index contributed by atoms with van der Waals surface area (Å²) in [7, 11) is 0. The highest BCUT2D eigenvalue weighted by Gasteiger charge is 2.35. The molecule has 0 aromatic heterocycles. The molecule has 0 radical (unpaired) electrons. The minimum absolute atomic E-state index is 0.145. The maximum atomic E-state index is 12.0. The second-order valence-corrected chi connectivity index (χ2v) is 7.28. The summed E-state index contributed by atoms with van der Waals surface area (Å²) < 4.78 is 17.1. The molecule has 0 spiro atoms. The van der Waals surface area contributed by atoms with E-state index in [2.05, 4.69) is 19.7 Å². The normalized spacial score (nSPS) is 15.2. The molecule has 3 atom stereocenters. The van der Waals surface area contributed by atoms with Crippen LogP contribution in [-0.2, 0) is 43.0 Å². The number of hydrogen-bond acceptors (Lipinski definition) is 9. The van der Waals surface area contributed by atoms with Crippen LogP contribution in [-0.4, -0.2) is 74.3 Å². The van der Waals surface area contributed by atoms with Crippen LogP contribution in [0.2, 0.25) is 0 Å². The summed E-state index contributed by atoms with van der Waals surface area (Å²) >= 11 is 0. The molecule has 0 aromatic rings. The number of hydrogen-bond donors (Lipinski definition) is 0. The fraction of sp³-hybridized carbons (Fsp3) is 0.500. The Morgan fingerprint density at radius 2 is 0.939 bits per heavy atom. The zero-order valence-corrected chi connectivity index (χ0v) is 18.9. The number of carbonyl (C=O) groups is 6. The Morgan fingerprint density at radius 1 is 0.667 bits per heavy atom. The SMILES string of the molecule is C=CC(=O)C(CC=O)OCC(CC)(COC(CC=O)C(=O)C=C)COC(CC=O)C(=O)C=C. The molecular formula is C24H32O9. The molecule has 0 aromatic carbocycles. The molecule has 33 heavy (non-hydrogen) atoms. The molecule has 9 nitrogen and oxygen atoms in total. The third-order valence-electron chi connectivity index (χ3n) is 5.01. The minimum atomic E-state index is -1.08. The predicted molar refractivity (Wildman–Crippen MR) is 120 cm³/mol. The van der Waals surface area contributed by atoms with Gasteiger partial charge in [-0.1, -0.05) is 26.7 Å². The van der Waals surface area contributed by atoms with E-state index in [1.807, 2.05) is 0 Å².